The average Bonchev–Trinajstić information content (AvgIpc) is 3.11. The first-order valence-electron chi connectivity index (χ1n) is 24.4. The van der Waals surface area contributed by atoms with Crippen molar-refractivity contribution in [1.29, 1.82) is 0 Å². The number of rotatable bonds is 42. The Morgan fingerprint density at radius 1 is 0.414 bits per heavy atom. The van der Waals surface area contributed by atoms with Gasteiger partial charge in [-0.05, 0) is 49.3 Å². The summed E-state index contributed by atoms with van der Waals surface area (Å²) in [5.41, 5.74) is 0. The third-order valence-corrected chi connectivity index (χ3v) is 11.7. The Hall–Kier alpha value is -0.600. The molecule has 0 aromatic carbocycles. The van der Waals surface area contributed by atoms with Gasteiger partial charge in [-0.1, -0.05) is 182 Å². The molecular formula is C49H102Cl2N4O3. The van der Waals surface area contributed by atoms with Crippen molar-refractivity contribution in [3.8, 4) is 0 Å². The Bertz CT molecular complexity index is 858. The number of hydrogen-bond acceptors (Lipinski definition) is 5. The number of aliphatic imine (C=N–C) groups is 2. The molecule has 0 fully saturated rings. The molecule has 0 radical (unpaired) electrons. The largest absolute Gasteiger partial charge is 0.862 e. The Balaban J connectivity index is -0.0000151. The molecular weight excluding hydrogens is 763 g/mol. The van der Waals surface area contributed by atoms with E-state index in [1.165, 1.54) is 141 Å². The third-order valence-electron chi connectivity index (χ3n) is 11.7. The average molecular weight is 866 g/mol. The molecule has 1 N–H and O–H groups in total. The van der Waals surface area contributed by atoms with Gasteiger partial charge in [0.2, 0.25) is 0 Å². The molecule has 0 spiro atoms. The first-order valence-corrected chi connectivity index (χ1v) is 24.4. The first-order chi connectivity index (χ1) is 26.7. The van der Waals surface area contributed by atoms with E-state index in [2.05, 4.69) is 65.9 Å². The summed E-state index contributed by atoms with van der Waals surface area (Å²) in [5, 5.41) is 35.5. The minimum absolute atomic E-state index is 0. The maximum absolute atomic E-state index is 12.3. The molecule has 9 heteroatoms. The van der Waals surface area contributed by atoms with Crippen LogP contribution in [0.4, 0.5) is 0 Å². The molecule has 0 saturated carbocycles. The topological polar surface area (TPSA) is 91.1 Å². The standard InChI is InChI=1S/C49H100N4O3.2ClH/c1-45(2)35-29-25-21-17-13-9-11-15-19-23-27-31-37-48(55)50-39-33-41-52(5,6)43-47(54)44-53(7,8)42-34-40-51-49(56)38-32-28-24-20-16-12-10-14-18-22-26-30-36-46(3)4;;/h45-47,54H,9-44H2,1-8H3;2*1H. The summed E-state index contributed by atoms with van der Waals surface area (Å²) in [6.07, 6.45) is 36.7. The van der Waals surface area contributed by atoms with Crippen molar-refractivity contribution in [2.45, 2.75) is 226 Å². The Morgan fingerprint density at radius 2 is 0.655 bits per heavy atom. The van der Waals surface area contributed by atoms with Crippen LogP contribution in [0.25, 0.3) is 0 Å². The van der Waals surface area contributed by atoms with Crippen molar-refractivity contribution < 1.29 is 24.3 Å². The van der Waals surface area contributed by atoms with Crippen molar-refractivity contribution in [3.63, 3.8) is 0 Å². The van der Waals surface area contributed by atoms with Crippen molar-refractivity contribution in [2.24, 2.45) is 21.8 Å². The number of hydrogen-bond donors (Lipinski definition) is 1. The van der Waals surface area contributed by atoms with Crippen LogP contribution in [0.3, 0.4) is 0 Å². The van der Waals surface area contributed by atoms with Crippen LogP contribution < -0.4 is 10.2 Å². The fraction of sp³-hybridized carbons (Fsp3) is 0.959. The molecule has 0 unspecified atom stereocenters. The molecule has 0 heterocycles. The molecule has 350 valence electrons. The maximum atomic E-state index is 12.3. The van der Waals surface area contributed by atoms with E-state index in [1.807, 2.05) is 0 Å². The van der Waals surface area contributed by atoms with Gasteiger partial charge in [-0.25, -0.2) is 0 Å². The summed E-state index contributed by atoms with van der Waals surface area (Å²) in [6.45, 7) is 13.6. The van der Waals surface area contributed by atoms with E-state index in [0.717, 1.165) is 63.5 Å². The van der Waals surface area contributed by atoms with Gasteiger partial charge in [-0.2, -0.15) is 0 Å². The molecule has 0 aromatic heterocycles. The smallest absolute Gasteiger partial charge is 0.152 e. The van der Waals surface area contributed by atoms with Gasteiger partial charge in [0, 0.05) is 25.9 Å². The maximum Gasteiger partial charge on any atom is 0.152 e. The number of nitrogens with zero attached hydrogens (tertiary/aromatic N) is 4. The number of aliphatic hydroxyl groups is 1. The van der Waals surface area contributed by atoms with E-state index in [1.54, 1.807) is 0 Å². The minimum atomic E-state index is -0.411. The van der Waals surface area contributed by atoms with Gasteiger partial charge in [0.25, 0.3) is 0 Å². The summed E-state index contributed by atoms with van der Waals surface area (Å²) in [7, 11) is 8.62. The molecule has 0 aliphatic heterocycles. The highest BCUT2D eigenvalue weighted by atomic mass is 35.5. The second-order valence-corrected chi connectivity index (χ2v) is 19.9. The van der Waals surface area contributed by atoms with Crippen LogP contribution in [-0.2, 0) is 0 Å². The highest BCUT2D eigenvalue weighted by Crippen LogP contribution is 2.16. The molecule has 7 nitrogen and oxygen atoms in total. The van der Waals surface area contributed by atoms with Crippen LogP contribution in [0.1, 0.15) is 220 Å². The van der Waals surface area contributed by atoms with Crippen molar-refractivity contribution in [2.75, 3.05) is 67.5 Å². The second kappa shape index (κ2) is 41.7. The van der Waals surface area contributed by atoms with Crippen LogP contribution in [0, 0.1) is 11.8 Å². The zero-order chi connectivity index (χ0) is 41.8. The second-order valence-electron chi connectivity index (χ2n) is 19.9. The Morgan fingerprint density at radius 3 is 0.914 bits per heavy atom. The summed E-state index contributed by atoms with van der Waals surface area (Å²) in [6, 6.07) is 0. The van der Waals surface area contributed by atoms with Crippen LogP contribution in [0.5, 0.6) is 0 Å². The van der Waals surface area contributed by atoms with Gasteiger partial charge >= 0.3 is 0 Å². The van der Waals surface area contributed by atoms with Crippen LogP contribution in [0.15, 0.2) is 9.98 Å². The summed E-state index contributed by atoms with van der Waals surface area (Å²) in [4.78, 5) is 8.65. The van der Waals surface area contributed by atoms with Crippen LogP contribution in [0.2, 0.25) is 0 Å². The molecule has 0 aliphatic carbocycles. The van der Waals surface area contributed by atoms with E-state index in [9.17, 15) is 15.3 Å². The lowest BCUT2D eigenvalue weighted by Crippen LogP contribution is -2.53. The van der Waals surface area contributed by atoms with Crippen LogP contribution in [-0.4, -0.2) is 99.4 Å². The molecule has 0 bridgehead atoms. The van der Waals surface area contributed by atoms with Crippen molar-refractivity contribution in [3.05, 3.63) is 0 Å². The quantitative estimate of drug-likeness (QED) is 0.0287. The predicted molar refractivity (Wildman–Crippen MR) is 257 cm³/mol. The normalized spacial score (nSPS) is 13.3. The highest BCUT2D eigenvalue weighted by molar-refractivity contribution is 5.85. The number of quaternary nitrogens is 2. The highest BCUT2D eigenvalue weighted by Gasteiger charge is 2.26. The SMILES string of the molecule is CC(C)CCCCCCCCCCCCCCC([O-])=NCCC[N+](C)(C)CC(O)C[N+](C)(C)CCCN=C([O-])CCCCCCCCCCCCCCC(C)C.Cl.Cl. The molecule has 0 rings (SSSR count). The Labute approximate surface area is 375 Å². The van der Waals surface area contributed by atoms with E-state index in [4.69, 9.17) is 0 Å². The van der Waals surface area contributed by atoms with Gasteiger partial charge in [-0.15, -0.1) is 24.8 Å². The van der Waals surface area contributed by atoms with Gasteiger partial charge in [-0.3, -0.25) is 0 Å². The van der Waals surface area contributed by atoms with E-state index >= 15 is 0 Å². The lowest BCUT2D eigenvalue weighted by Gasteiger charge is -2.36. The summed E-state index contributed by atoms with van der Waals surface area (Å²) < 4.78 is 1.43. The molecule has 0 aromatic rings. The Kier molecular flexibility index (Phi) is 44.4. The van der Waals surface area contributed by atoms with Gasteiger partial charge in [0.1, 0.15) is 13.1 Å². The molecule has 58 heavy (non-hydrogen) atoms. The van der Waals surface area contributed by atoms with Crippen molar-refractivity contribution >= 4 is 36.6 Å². The van der Waals surface area contributed by atoms with Crippen LogP contribution >= 0.6 is 24.8 Å². The third kappa shape index (κ3) is 46.5. The number of aliphatic hydroxyl groups excluding tert-OH is 1. The lowest BCUT2D eigenvalue weighted by molar-refractivity contribution is -0.914. The fourth-order valence-corrected chi connectivity index (χ4v) is 8.14. The monoisotopic (exact) mass is 865 g/mol. The number of likely N-dealkylation sites (N-methyl/N-ethyl adjacent to an activating group) is 2. The van der Waals surface area contributed by atoms with Gasteiger partial charge in [0.05, 0.1) is 41.3 Å². The summed E-state index contributed by atoms with van der Waals surface area (Å²) in [5.74, 6) is 1.81. The fourth-order valence-electron chi connectivity index (χ4n) is 8.14. The minimum Gasteiger partial charge on any atom is -0.862 e. The van der Waals surface area contributed by atoms with E-state index in [-0.39, 0.29) is 36.6 Å². The first kappa shape index (κ1) is 61.7. The zero-order valence-corrected chi connectivity index (χ0v) is 41.7. The molecule has 0 aliphatic rings. The molecule has 0 saturated heterocycles. The van der Waals surface area contributed by atoms with Gasteiger partial charge in [0.15, 0.2) is 6.10 Å². The van der Waals surface area contributed by atoms with Crippen molar-refractivity contribution in [1.82, 2.24) is 0 Å². The molecule has 0 amide bonds. The number of unbranched alkanes of at least 4 members (excludes halogenated alkanes) is 22. The van der Waals surface area contributed by atoms with E-state index in [0.29, 0.717) is 48.0 Å². The number of halogens is 2. The summed E-state index contributed by atoms with van der Waals surface area (Å²) >= 11 is 0. The predicted octanol–water partition coefficient (Wildman–Crippen LogP) is 11.9. The lowest BCUT2D eigenvalue weighted by atomic mass is 10.0. The van der Waals surface area contributed by atoms with Gasteiger partial charge < -0.3 is 34.3 Å². The van der Waals surface area contributed by atoms with E-state index < -0.39 is 6.10 Å². The zero-order valence-electron chi connectivity index (χ0n) is 40.1. The molecule has 0 atom stereocenters.